The molecule has 0 unspecified atom stereocenters. The Morgan fingerprint density at radius 3 is 2.50 bits per heavy atom. The van der Waals surface area contributed by atoms with Crippen molar-refractivity contribution >= 4 is 17.9 Å². The van der Waals surface area contributed by atoms with Gasteiger partial charge in [0.05, 0.1) is 19.4 Å². The fraction of sp³-hybridized carbons (Fsp3) is 0.364. The topological polar surface area (TPSA) is 54.9 Å². The number of aromatic nitrogens is 1. The number of rotatable bonds is 10. The van der Waals surface area contributed by atoms with E-state index in [4.69, 9.17) is 14.5 Å². The van der Waals surface area contributed by atoms with E-state index in [0.29, 0.717) is 6.61 Å². The molecule has 0 fully saturated rings. The van der Waals surface area contributed by atoms with Gasteiger partial charge in [-0.3, -0.25) is 0 Å². The molecule has 2 rings (SSSR count). The monoisotopic (exact) mass is 383 g/mol. The minimum atomic E-state index is -0.364. The van der Waals surface area contributed by atoms with E-state index in [1.165, 1.54) is 11.6 Å². The molecule has 0 saturated carbocycles. The fourth-order valence-electron chi connectivity index (χ4n) is 2.60. The Morgan fingerprint density at radius 1 is 1.11 bits per heavy atom. The van der Waals surface area contributed by atoms with Crippen molar-refractivity contribution < 1.29 is 14.3 Å². The first-order valence-corrected chi connectivity index (χ1v) is 9.36. The lowest BCUT2D eigenvalue weighted by Crippen LogP contribution is -2.32. The quantitative estimate of drug-likeness (QED) is 0.464. The molecule has 0 spiro atoms. The molecular weight excluding hydrogens is 354 g/mol. The number of carbonyl (C=O) groups excluding carboxylic acids is 1. The summed E-state index contributed by atoms with van der Waals surface area (Å²) in [7, 11) is 5.77. The van der Waals surface area contributed by atoms with Crippen LogP contribution in [-0.4, -0.2) is 56.8 Å². The van der Waals surface area contributed by atoms with Crippen molar-refractivity contribution in [2.75, 3.05) is 45.8 Å². The molecule has 2 aromatic rings. The van der Waals surface area contributed by atoms with Gasteiger partial charge in [-0.05, 0) is 56.9 Å². The summed E-state index contributed by atoms with van der Waals surface area (Å²) >= 11 is 0. The number of anilines is 1. The highest BCUT2D eigenvalue weighted by atomic mass is 16.5. The first kappa shape index (κ1) is 21.4. The predicted molar refractivity (Wildman–Crippen MR) is 113 cm³/mol. The van der Waals surface area contributed by atoms with Crippen molar-refractivity contribution in [3.63, 3.8) is 0 Å². The maximum atomic E-state index is 11.5. The highest BCUT2D eigenvalue weighted by Crippen LogP contribution is 2.18. The van der Waals surface area contributed by atoms with Gasteiger partial charge >= 0.3 is 5.97 Å². The molecule has 0 aliphatic carbocycles. The minimum absolute atomic E-state index is 0.358. The Balaban J connectivity index is 2.19. The Kier molecular flexibility index (Phi) is 8.49. The van der Waals surface area contributed by atoms with Crippen LogP contribution in [0.2, 0.25) is 0 Å². The largest absolute Gasteiger partial charge is 0.497 e. The van der Waals surface area contributed by atoms with Crippen LogP contribution in [0.1, 0.15) is 18.2 Å². The number of hydrogen-bond donors (Lipinski definition) is 0. The number of pyridine rings is 1. The average Bonchev–Trinajstić information content (AvgIpc) is 2.70. The maximum absolute atomic E-state index is 11.5. The first-order valence-electron chi connectivity index (χ1n) is 9.36. The average molecular weight is 383 g/mol. The highest BCUT2D eigenvalue weighted by Gasteiger charge is 2.10. The number of likely N-dealkylation sites (N-methyl/N-ethyl adjacent to an activating group) is 1. The van der Waals surface area contributed by atoms with E-state index >= 15 is 0 Å². The van der Waals surface area contributed by atoms with E-state index in [-0.39, 0.29) is 5.97 Å². The van der Waals surface area contributed by atoms with Crippen LogP contribution in [0.3, 0.4) is 0 Å². The van der Waals surface area contributed by atoms with Crippen LogP contribution >= 0.6 is 0 Å². The number of esters is 1. The van der Waals surface area contributed by atoms with Crippen LogP contribution in [-0.2, 0) is 16.1 Å². The van der Waals surface area contributed by atoms with Gasteiger partial charge in [0.1, 0.15) is 11.6 Å². The zero-order valence-electron chi connectivity index (χ0n) is 17.1. The van der Waals surface area contributed by atoms with E-state index in [1.807, 2.05) is 30.3 Å². The summed E-state index contributed by atoms with van der Waals surface area (Å²) in [6.07, 6.45) is 3.09. The van der Waals surface area contributed by atoms with Gasteiger partial charge in [-0.2, -0.15) is 0 Å². The summed E-state index contributed by atoms with van der Waals surface area (Å²) < 4.78 is 10.2. The molecule has 0 aliphatic heterocycles. The first-order chi connectivity index (χ1) is 13.5. The lowest BCUT2D eigenvalue weighted by atomic mass is 10.2. The zero-order valence-corrected chi connectivity index (χ0v) is 17.1. The zero-order chi connectivity index (χ0) is 20.4. The molecule has 6 heteroatoms. The summed E-state index contributed by atoms with van der Waals surface area (Å²) in [4.78, 5) is 20.6. The van der Waals surface area contributed by atoms with Crippen molar-refractivity contribution in [1.82, 2.24) is 9.88 Å². The molecule has 1 aromatic carbocycles. The molecule has 0 radical (unpaired) electrons. The molecule has 150 valence electrons. The van der Waals surface area contributed by atoms with Crippen LogP contribution in [0.5, 0.6) is 5.75 Å². The molecule has 6 nitrogen and oxygen atoms in total. The molecule has 0 atom stereocenters. The maximum Gasteiger partial charge on any atom is 0.330 e. The van der Waals surface area contributed by atoms with Gasteiger partial charge in [-0.1, -0.05) is 18.2 Å². The van der Waals surface area contributed by atoms with Gasteiger partial charge in [0.25, 0.3) is 0 Å². The van der Waals surface area contributed by atoms with Crippen LogP contribution < -0.4 is 9.64 Å². The van der Waals surface area contributed by atoms with Crippen molar-refractivity contribution in [3.05, 3.63) is 59.8 Å². The van der Waals surface area contributed by atoms with Gasteiger partial charge in [0.2, 0.25) is 0 Å². The van der Waals surface area contributed by atoms with Crippen molar-refractivity contribution in [2.24, 2.45) is 0 Å². The lowest BCUT2D eigenvalue weighted by Gasteiger charge is -2.26. The Bertz CT molecular complexity index is 773. The van der Waals surface area contributed by atoms with Crippen LogP contribution in [0.4, 0.5) is 5.82 Å². The normalized spacial score (nSPS) is 11.0. The molecule has 0 N–H and O–H groups in total. The number of ether oxygens (including phenoxy) is 2. The summed E-state index contributed by atoms with van der Waals surface area (Å²) in [5.74, 6) is 1.34. The summed E-state index contributed by atoms with van der Waals surface area (Å²) in [6, 6.07) is 13.9. The minimum Gasteiger partial charge on any atom is -0.497 e. The van der Waals surface area contributed by atoms with Crippen molar-refractivity contribution in [1.29, 1.82) is 0 Å². The second-order valence-corrected chi connectivity index (χ2v) is 6.58. The van der Waals surface area contributed by atoms with Crippen LogP contribution in [0.25, 0.3) is 6.08 Å². The van der Waals surface area contributed by atoms with E-state index in [0.717, 1.165) is 36.9 Å². The van der Waals surface area contributed by atoms with Crippen LogP contribution in [0, 0.1) is 0 Å². The fourth-order valence-corrected chi connectivity index (χ4v) is 2.60. The van der Waals surface area contributed by atoms with Gasteiger partial charge in [-0.25, -0.2) is 9.78 Å². The van der Waals surface area contributed by atoms with Crippen molar-refractivity contribution in [2.45, 2.75) is 13.5 Å². The summed E-state index contributed by atoms with van der Waals surface area (Å²) in [6.45, 7) is 4.61. The third kappa shape index (κ3) is 7.04. The number of methoxy groups -OCH3 is 1. The Hall–Kier alpha value is -2.86. The van der Waals surface area contributed by atoms with Gasteiger partial charge < -0.3 is 19.3 Å². The van der Waals surface area contributed by atoms with Gasteiger partial charge in [0.15, 0.2) is 0 Å². The lowest BCUT2D eigenvalue weighted by molar-refractivity contribution is -0.137. The highest BCUT2D eigenvalue weighted by molar-refractivity contribution is 5.86. The summed E-state index contributed by atoms with van der Waals surface area (Å²) in [5, 5.41) is 0. The summed E-state index contributed by atoms with van der Waals surface area (Å²) in [5.41, 5.74) is 1.89. The Morgan fingerprint density at radius 2 is 1.86 bits per heavy atom. The second-order valence-electron chi connectivity index (χ2n) is 6.58. The SMILES string of the molecule is CCOC(=O)/C=C/c1cccc(N(CCN(C)C)Cc2ccc(OC)cc2)n1. The predicted octanol–water partition coefficient (Wildman–Crippen LogP) is 3.23. The number of nitrogens with zero attached hydrogens (tertiary/aromatic N) is 3. The molecule has 0 aliphatic rings. The van der Waals surface area contributed by atoms with Gasteiger partial charge in [0, 0.05) is 25.7 Å². The molecule has 28 heavy (non-hydrogen) atoms. The van der Waals surface area contributed by atoms with E-state index in [1.54, 1.807) is 20.1 Å². The number of carbonyl (C=O) groups is 1. The van der Waals surface area contributed by atoms with Crippen molar-refractivity contribution in [3.8, 4) is 5.75 Å². The van der Waals surface area contributed by atoms with Crippen LogP contribution in [0.15, 0.2) is 48.5 Å². The standard InChI is InChI=1S/C22H29N3O3/c1-5-28-22(26)14-11-19-7-6-8-21(23-19)25(16-15-24(2)3)17-18-9-12-20(27-4)13-10-18/h6-14H,5,15-17H2,1-4H3/b14-11+. The third-order valence-corrected chi connectivity index (χ3v) is 4.11. The molecule has 0 bridgehead atoms. The molecular formula is C22H29N3O3. The molecule has 0 amide bonds. The number of benzene rings is 1. The van der Waals surface area contributed by atoms with E-state index in [9.17, 15) is 4.79 Å². The van der Waals surface area contributed by atoms with E-state index < -0.39 is 0 Å². The Labute approximate surface area is 167 Å². The van der Waals surface area contributed by atoms with E-state index in [2.05, 4.69) is 36.0 Å². The van der Waals surface area contributed by atoms with Gasteiger partial charge in [-0.15, -0.1) is 0 Å². The molecule has 1 heterocycles. The second kappa shape index (κ2) is 11.1. The third-order valence-electron chi connectivity index (χ3n) is 4.11. The molecule has 0 saturated heterocycles. The number of hydrogen-bond acceptors (Lipinski definition) is 6. The smallest absolute Gasteiger partial charge is 0.330 e. The molecule has 1 aromatic heterocycles.